The lowest BCUT2D eigenvalue weighted by Crippen LogP contribution is -2.13. The second-order valence-electron chi connectivity index (χ2n) is 6.23. The molecule has 144 valence electrons. The van der Waals surface area contributed by atoms with E-state index in [1.54, 1.807) is 31.5 Å². The summed E-state index contributed by atoms with van der Waals surface area (Å²) in [6, 6.07) is 18.9. The van der Waals surface area contributed by atoms with E-state index in [0.29, 0.717) is 22.7 Å². The largest absolute Gasteiger partial charge is 0.493 e. The van der Waals surface area contributed by atoms with Gasteiger partial charge in [-0.25, -0.2) is 4.98 Å². The van der Waals surface area contributed by atoms with Crippen LogP contribution in [0.1, 0.15) is 28.9 Å². The molecule has 0 saturated carbocycles. The Balaban J connectivity index is 1.64. The number of pyridine rings is 1. The molecular weight excluding hydrogens is 354 g/mol. The topological polar surface area (TPSA) is 72.5 Å². The fraction of sp³-hybridized carbons (Fsp3) is 0.182. The van der Waals surface area contributed by atoms with Crippen molar-refractivity contribution in [2.24, 2.45) is 0 Å². The van der Waals surface area contributed by atoms with E-state index in [-0.39, 0.29) is 11.9 Å². The Morgan fingerprint density at radius 3 is 2.36 bits per heavy atom. The third kappa shape index (κ3) is 4.59. The summed E-state index contributed by atoms with van der Waals surface area (Å²) in [5.74, 6) is 1.56. The van der Waals surface area contributed by atoms with Crippen LogP contribution in [0.4, 0.5) is 11.5 Å². The van der Waals surface area contributed by atoms with Crippen molar-refractivity contribution in [2.45, 2.75) is 13.0 Å². The van der Waals surface area contributed by atoms with E-state index >= 15 is 0 Å². The number of nitrogens with one attached hydrogen (secondary N) is 2. The quantitative estimate of drug-likeness (QED) is 0.633. The van der Waals surface area contributed by atoms with Crippen molar-refractivity contribution >= 4 is 17.4 Å². The molecule has 28 heavy (non-hydrogen) atoms. The van der Waals surface area contributed by atoms with Gasteiger partial charge in [-0.05, 0) is 42.8 Å². The van der Waals surface area contributed by atoms with Crippen molar-refractivity contribution < 1.29 is 14.3 Å². The molecule has 0 fully saturated rings. The van der Waals surface area contributed by atoms with Crippen molar-refractivity contribution in [3.05, 3.63) is 78.0 Å². The number of carbonyl (C=O) groups excluding carboxylic acids is 1. The molecule has 0 radical (unpaired) electrons. The number of carbonyl (C=O) groups is 1. The van der Waals surface area contributed by atoms with E-state index < -0.39 is 0 Å². The monoisotopic (exact) mass is 377 g/mol. The number of hydrogen-bond acceptors (Lipinski definition) is 5. The van der Waals surface area contributed by atoms with Crippen LogP contribution in [0.5, 0.6) is 11.5 Å². The minimum Gasteiger partial charge on any atom is -0.493 e. The summed E-state index contributed by atoms with van der Waals surface area (Å²) < 4.78 is 10.4. The maximum absolute atomic E-state index is 12.5. The lowest BCUT2D eigenvalue weighted by molar-refractivity contribution is 0.102. The van der Waals surface area contributed by atoms with Crippen LogP contribution in [0.2, 0.25) is 0 Å². The number of nitrogens with zero attached hydrogens (tertiary/aromatic N) is 1. The molecule has 1 atom stereocenters. The van der Waals surface area contributed by atoms with Gasteiger partial charge in [-0.2, -0.15) is 0 Å². The molecule has 0 aliphatic carbocycles. The number of anilines is 2. The van der Waals surface area contributed by atoms with Gasteiger partial charge in [0.25, 0.3) is 5.91 Å². The number of amides is 1. The molecule has 1 heterocycles. The van der Waals surface area contributed by atoms with Crippen molar-refractivity contribution in [1.29, 1.82) is 0 Å². The zero-order valence-corrected chi connectivity index (χ0v) is 16.1. The molecule has 2 N–H and O–H groups in total. The predicted molar refractivity (Wildman–Crippen MR) is 110 cm³/mol. The minimum absolute atomic E-state index is 0.126. The number of methoxy groups -OCH3 is 2. The summed E-state index contributed by atoms with van der Waals surface area (Å²) in [4.78, 5) is 16.9. The highest BCUT2D eigenvalue weighted by Crippen LogP contribution is 2.28. The van der Waals surface area contributed by atoms with Crippen LogP contribution < -0.4 is 20.1 Å². The highest BCUT2D eigenvalue weighted by molar-refractivity contribution is 6.04. The van der Waals surface area contributed by atoms with E-state index in [1.807, 2.05) is 30.3 Å². The van der Waals surface area contributed by atoms with Crippen LogP contribution in [0.25, 0.3) is 0 Å². The van der Waals surface area contributed by atoms with Gasteiger partial charge >= 0.3 is 0 Å². The Bertz CT molecular complexity index is 928. The number of rotatable bonds is 7. The van der Waals surface area contributed by atoms with E-state index in [9.17, 15) is 4.79 Å². The number of hydrogen-bond donors (Lipinski definition) is 2. The van der Waals surface area contributed by atoms with Crippen LogP contribution in [0, 0.1) is 0 Å². The Morgan fingerprint density at radius 2 is 1.71 bits per heavy atom. The molecule has 2 aromatic carbocycles. The van der Waals surface area contributed by atoms with Gasteiger partial charge in [0, 0.05) is 11.6 Å². The minimum atomic E-state index is -0.249. The first kappa shape index (κ1) is 19.2. The van der Waals surface area contributed by atoms with Crippen LogP contribution >= 0.6 is 0 Å². The molecule has 1 unspecified atom stereocenters. The van der Waals surface area contributed by atoms with Crippen LogP contribution in [0.3, 0.4) is 0 Å². The second kappa shape index (κ2) is 8.90. The van der Waals surface area contributed by atoms with Gasteiger partial charge in [0.05, 0.1) is 26.1 Å². The van der Waals surface area contributed by atoms with E-state index in [1.165, 1.54) is 12.7 Å². The average molecular weight is 377 g/mol. The van der Waals surface area contributed by atoms with Crippen LogP contribution in [-0.4, -0.2) is 25.1 Å². The summed E-state index contributed by atoms with van der Waals surface area (Å²) >= 11 is 0. The van der Waals surface area contributed by atoms with E-state index in [0.717, 1.165) is 5.82 Å². The Hall–Kier alpha value is -3.54. The Kier molecular flexibility index (Phi) is 6.11. The number of benzene rings is 2. The predicted octanol–water partition coefficient (Wildman–Crippen LogP) is 4.52. The SMILES string of the molecule is COc1ccc(C(=O)Nc2ccc(NC(C)c3ccccc3)nc2)cc1OC. The van der Waals surface area contributed by atoms with Crippen molar-refractivity contribution in [3.63, 3.8) is 0 Å². The standard InChI is InChI=1S/C22H23N3O3/c1-15(16-7-5-4-6-8-16)24-21-12-10-18(14-23-21)25-22(26)17-9-11-19(27-2)20(13-17)28-3/h4-15H,1-3H3,(H,23,24)(H,25,26). The first-order valence-corrected chi connectivity index (χ1v) is 8.91. The lowest BCUT2D eigenvalue weighted by Gasteiger charge is -2.15. The molecule has 0 saturated heterocycles. The average Bonchev–Trinajstić information content (AvgIpc) is 2.75. The molecule has 0 spiro atoms. The summed E-state index contributed by atoms with van der Waals surface area (Å²) in [5.41, 5.74) is 2.25. The summed E-state index contributed by atoms with van der Waals surface area (Å²) in [7, 11) is 3.09. The normalized spacial score (nSPS) is 11.4. The van der Waals surface area contributed by atoms with E-state index in [2.05, 4.69) is 34.7 Å². The molecular formula is C22H23N3O3. The molecule has 6 heteroatoms. The molecule has 6 nitrogen and oxygen atoms in total. The van der Waals surface area contributed by atoms with Crippen LogP contribution in [0.15, 0.2) is 66.9 Å². The van der Waals surface area contributed by atoms with Crippen molar-refractivity contribution in [3.8, 4) is 11.5 Å². The van der Waals surface area contributed by atoms with Gasteiger partial charge in [-0.15, -0.1) is 0 Å². The van der Waals surface area contributed by atoms with Gasteiger partial charge in [-0.3, -0.25) is 4.79 Å². The third-order valence-electron chi connectivity index (χ3n) is 4.33. The first-order chi connectivity index (χ1) is 13.6. The summed E-state index contributed by atoms with van der Waals surface area (Å²) in [5, 5.41) is 6.18. The molecule has 3 aromatic rings. The Morgan fingerprint density at radius 1 is 0.964 bits per heavy atom. The zero-order valence-electron chi connectivity index (χ0n) is 16.1. The number of ether oxygens (including phenoxy) is 2. The van der Waals surface area contributed by atoms with Gasteiger partial charge in [-0.1, -0.05) is 30.3 Å². The van der Waals surface area contributed by atoms with Crippen LogP contribution in [-0.2, 0) is 0 Å². The van der Waals surface area contributed by atoms with Gasteiger partial charge in [0.15, 0.2) is 11.5 Å². The molecule has 0 bridgehead atoms. The highest BCUT2D eigenvalue weighted by Gasteiger charge is 2.11. The van der Waals surface area contributed by atoms with Gasteiger partial charge in [0.2, 0.25) is 0 Å². The maximum Gasteiger partial charge on any atom is 0.255 e. The smallest absolute Gasteiger partial charge is 0.255 e. The number of aromatic nitrogens is 1. The lowest BCUT2D eigenvalue weighted by atomic mass is 10.1. The zero-order chi connectivity index (χ0) is 19.9. The molecule has 1 amide bonds. The molecule has 0 aliphatic rings. The van der Waals surface area contributed by atoms with Gasteiger partial charge < -0.3 is 20.1 Å². The third-order valence-corrected chi connectivity index (χ3v) is 4.33. The second-order valence-corrected chi connectivity index (χ2v) is 6.23. The maximum atomic E-state index is 12.5. The fourth-order valence-electron chi connectivity index (χ4n) is 2.78. The van der Waals surface area contributed by atoms with Crippen molar-refractivity contribution in [1.82, 2.24) is 4.98 Å². The molecule has 0 aliphatic heterocycles. The van der Waals surface area contributed by atoms with Gasteiger partial charge in [0.1, 0.15) is 5.82 Å². The summed E-state index contributed by atoms with van der Waals surface area (Å²) in [6.07, 6.45) is 1.62. The molecule has 3 rings (SSSR count). The highest BCUT2D eigenvalue weighted by atomic mass is 16.5. The van der Waals surface area contributed by atoms with Crippen molar-refractivity contribution in [2.75, 3.05) is 24.9 Å². The fourth-order valence-corrected chi connectivity index (χ4v) is 2.78. The summed E-state index contributed by atoms with van der Waals surface area (Å²) in [6.45, 7) is 2.07. The van der Waals surface area contributed by atoms with E-state index in [4.69, 9.17) is 9.47 Å². The first-order valence-electron chi connectivity index (χ1n) is 8.91. The molecule has 1 aromatic heterocycles. The Labute approximate surface area is 164 Å².